The highest BCUT2D eigenvalue weighted by molar-refractivity contribution is 7.98. The van der Waals surface area contributed by atoms with E-state index in [0.717, 1.165) is 39.1 Å². The van der Waals surface area contributed by atoms with Gasteiger partial charge in [-0.3, -0.25) is 4.79 Å². The van der Waals surface area contributed by atoms with Crippen LogP contribution in [-0.4, -0.2) is 38.7 Å². The Kier molecular flexibility index (Phi) is 5.77. The third-order valence-corrected chi connectivity index (χ3v) is 6.36. The summed E-state index contributed by atoms with van der Waals surface area (Å²) in [5.41, 5.74) is 6.07. The Hall–Kier alpha value is -2.86. The van der Waals surface area contributed by atoms with Gasteiger partial charge in [-0.05, 0) is 61.9 Å². The maximum atomic E-state index is 12.7. The normalized spacial score (nSPS) is 11.3. The molecule has 154 valence electrons. The molecule has 0 bridgehead atoms. The maximum Gasteiger partial charge on any atom is 0.222 e. The number of rotatable bonds is 6. The lowest BCUT2D eigenvalue weighted by Crippen LogP contribution is -2.26. The van der Waals surface area contributed by atoms with Crippen LogP contribution in [0.15, 0.2) is 53.4 Å². The molecule has 30 heavy (non-hydrogen) atoms. The summed E-state index contributed by atoms with van der Waals surface area (Å²) in [7, 11) is 1.87. The molecule has 6 heteroatoms. The summed E-state index contributed by atoms with van der Waals surface area (Å²) in [6.45, 7) is 4.70. The molecule has 1 amide bonds. The van der Waals surface area contributed by atoms with Crippen molar-refractivity contribution in [3.63, 3.8) is 0 Å². The minimum absolute atomic E-state index is 0.133. The van der Waals surface area contributed by atoms with Crippen LogP contribution in [0.2, 0.25) is 0 Å². The van der Waals surface area contributed by atoms with Crippen molar-refractivity contribution in [1.82, 2.24) is 19.5 Å². The predicted octanol–water partition coefficient (Wildman–Crippen LogP) is 4.81. The van der Waals surface area contributed by atoms with Gasteiger partial charge >= 0.3 is 0 Å². The molecule has 0 aliphatic heterocycles. The molecule has 0 N–H and O–H groups in total. The molecule has 0 fully saturated rings. The molecule has 0 aliphatic rings. The van der Waals surface area contributed by atoms with Crippen LogP contribution in [0.1, 0.15) is 28.9 Å². The van der Waals surface area contributed by atoms with E-state index in [1.807, 2.05) is 42.8 Å². The number of hydrogen-bond acceptors (Lipinski definition) is 4. The number of thioether (sulfide) groups is 1. The highest BCUT2D eigenvalue weighted by Crippen LogP contribution is 2.23. The lowest BCUT2D eigenvalue weighted by molar-refractivity contribution is -0.130. The van der Waals surface area contributed by atoms with Crippen molar-refractivity contribution >= 4 is 34.2 Å². The number of fused-ring (bicyclic) bond motifs is 3. The number of aryl methyl sites for hydroxylation is 2. The van der Waals surface area contributed by atoms with Crippen LogP contribution >= 0.6 is 11.8 Å². The van der Waals surface area contributed by atoms with Crippen molar-refractivity contribution in [3.8, 4) is 0 Å². The molecule has 0 atom stereocenters. The first kappa shape index (κ1) is 20.4. The fraction of sp³-hybridized carbons (Fsp3) is 0.292. The fourth-order valence-corrected chi connectivity index (χ4v) is 4.26. The summed E-state index contributed by atoms with van der Waals surface area (Å²) < 4.78 is 1.91. The zero-order valence-corrected chi connectivity index (χ0v) is 18.7. The standard InChI is InChI=1S/C24H26N4OS/c1-16-20(17(2)28-24(25-16)21-7-5-6-8-22(21)26-28)13-14-23(29)27(3)15-18-9-11-19(30-4)12-10-18/h5-12H,13-15H2,1-4H3. The minimum atomic E-state index is 0.133. The molecule has 0 saturated carbocycles. The summed E-state index contributed by atoms with van der Waals surface area (Å²) in [5, 5.41) is 5.76. The monoisotopic (exact) mass is 418 g/mol. The molecule has 2 aromatic carbocycles. The van der Waals surface area contributed by atoms with Gasteiger partial charge in [0.15, 0.2) is 5.65 Å². The lowest BCUT2D eigenvalue weighted by Gasteiger charge is -2.18. The van der Waals surface area contributed by atoms with Gasteiger partial charge in [-0.25, -0.2) is 9.50 Å². The molecular formula is C24H26N4OS. The number of benzene rings is 2. The Morgan fingerprint density at radius 3 is 2.57 bits per heavy atom. The van der Waals surface area contributed by atoms with Crippen molar-refractivity contribution in [3.05, 3.63) is 71.0 Å². The zero-order valence-electron chi connectivity index (χ0n) is 17.8. The largest absolute Gasteiger partial charge is 0.341 e. The summed E-state index contributed by atoms with van der Waals surface area (Å²) in [6.07, 6.45) is 3.17. The predicted molar refractivity (Wildman–Crippen MR) is 123 cm³/mol. The molecule has 5 nitrogen and oxygen atoms in total. The second-order valence-electron chi connectivity index (χ2n) is 7.61. The van der Waals surface area contributed by atoms with Crippen LogP contribution in [0.5, 0.6) is 0 Å². The summed E-state index contributed by atoms with van der Waals surface area (Å²) in [6, 6.07) is 16.4. The number of aromatic nitrogens is 3. The summed E-state index contributed by atoms with van der Waals surface area (Å²) in [5.74, 6) is 0.133. The van der Waals surface area contributed by atoms with Gasteiger partial charge in [0, 0.05) is 41.7 Å². The Morgan fingerprint density at radius 2 is 1.83 bits per heavy atom. The molecule has 0 radical (unpaired) electrons. The molecule has 4 rings (SSSR count). The summed E-state index contributed by atoms with van der Waals surface area (Å²) in [4.78, 5) is 20.6. The van der Waals surface area contributed by atoms with Gasteiger partial charge < -0.3 is 4.90 Å². The van der Waals surface area contributed by atoms with E-state index in [-0.39, 0.29) is 5.91 Å². The first-order valence-electron chi connectivity index (χ1n) is 10.1. The second kappa shape index (κ2) is 8.48. The average molecular weight is 419 g/mol. The van der Waals surface area contributed by atoms with Gasteiger partial charge in [-0.1, -0.05) is 24.3 Å². The minimum Gasteiger partial charge on any atom is -0.341 e. The summed E-state index contributed by atoms with van der Waals surface area (Å²) >= 11 is 1.72. The lowest BCUT2D eigenvalue weighted by atomic mass is 10.1. The van der Waals surface area contributed by atoms with Crippen LogP contribution in [0, 0.1) is 13.8 Å². The molecule has 2 aromatic heterocycles. The number of carbonyl (C=O) groups is 1. The van der Waals surface area contributed by atoms with Crippen molar-refractivity contribution in [2.24, 2.45) is 0 Å². The van der Waals surface area contributed by atoms with Gasteiger partial charge in [0.05, 0.1) is 5.52 Å². The Bertz CT molecular complexity index is 1210. The molecule has 4 aromatic rings. The third-order valence-electron chi connectivity index (χ3n) is 5.61. The number of nitrogens with zero attached hydrogens (tertiary/aromatic N) is 4. The Morgan fingerprint density at radius 1 is 1.10 bits per heavy atom. The van der Waals surface area contributed by atoms with Crippen molar-refractivity contribution in [2.45, 2.75) is 38.1 Å². The van der Waals surface area contributed by atoms with Crippen molar-refractivity contribution in [1.29, 1.82) is 0 Å². The highest BCUT2D eigenvalue weighted by atomic mass is 32.2. The fourth-order valence-electron chi connectivity index (χ4n) is 3.85. The zero-order chi connectivity index (χ0) is 21.3. The first-order chi connectivity index (χ1) is 14.5. The van der Waals surface area contributed by atoms with E-state index in [1.165, 1.54) is 4.90 Å². The van der Waals surface area contributed by atoms with Crippen molar-refractivity contribution in [2.75, 3.05) is 13.3 Å². The Balaban J connectivity index is 1.49. The second-order valence-corrected chi connectivity index (χ2v) is 8.49. The SMILES string of the molecule is CSc1ccc(CN(C)C(=O)CCc2c(C)nc3c4ccccc4nn3c2C)cc1. The van der Waals surface area contributed by atoms with Gasteiger partial charge in [-0.2, -0.15) is 5.10 Å². The highest BCUT2D eigenvalue weighted by Gasteiger charge is 2.16. The van der Waals surface area contributed by atoms with Crippen molar-refractivity contribution < 1.29 is 4.79 Å². The van der Waals surface area contributed by atoms with E-state index in [9.17, 15) is 4.79 Å². The van der Waals surface area contributed by atoms with Gasteiger partial charge in [0.2, 0.25) is 5.91 Å². The van der Waals surface area contributed by atoms with E-state index in [2.05, 4.69) is 37.4 Å². The third kappa shape index (κ3) is 3.92. The van der Waals surface area contributed by atoms with Crippen LogP contribution in [0.4, 0.5) is 0 Å². The average Bonchev–Trinajstić information content (AvgIpc) is 3.12. The molecule has 0 unspecified atom stereocenters. The van der Waals surface area contributed by atoms with Gasteiger partial charge in [0.1, 0.15) is 0 Å². The van der Waals surface area contributed by atoms with Crippen LogP contribution in [0.3, 0.4) is 0 Å². The van der Waals surface area contributed by atoms with E-state index in [1.54, 1.807) is 16.7 Å². The van der Waals surface area contributed by atoms with Crippen LogP contribution in [0.25, 0.3) is 16.6 Å². The van der Waals surface area contributed by atoms with Gasteiger partial charge in [0.25, 0.3) is 0 Å². The van der Waals surface area contributed by atoms with Crippen LogP contribution in [-0.2, 0) is 17.8 Å². The molecule has 0 saturated heterocycles. The number of carbonyl (C=O) groups excluding carboxylic acids is 1. The molecule has 0 aliphatic carbocycles. The Labute approximate surface area is 181 Å². The van der Waals surface area contributed by atoms with E-state index in [0.29, 0.717) is 19.4 Å². The number of hydrogen-bond donors (Lipinski definition) is 0. The molecule has 0 spiro atoms. The smallest absolute Gasteiger partial charge is 0.222 e. The first-order valence-corrected chi connectivity index (χ1v) is 11.3. The van der Waals surface area contributed by atoms with Crippen LogP contribution < -0.4 is 0 Å². The topological polar surface area (TPSA) is 50.5 Å². The molecule has 2 heterocycles. The molecular weight excluding hydrogens is 392 g/mol. The van der Waals surface area contributed by atoms with Gasteiger partial charge in [-0.15, -0.1) is 11.8 Å². The quantitative estimate of drug-likeness (QED) is 0.422. The maximum absolute atomic E-state index is 12.7. The number of amides is 1. The van der Waals surface area contributed by atoms with E-state index >= 15 is 0 Å². The van der Waals surface area contributed by atoms with E-state index in [4.69, 9.17) is 10.1 Å². The van der Waals surface area contributed by atoms with E-state index < -0.39 is 0 Å².